The Hall–Kier alpha value is -2.09. The monoisotopic (exact) mass is 263 g/mol. The molecule has 0 spiro atoms. The second-order valence-corrected chi connectivity index (χ2v) is 4.46. The topological polar surface area (TPSA) is 71.5 Å². The molecule has 0 heterocycles. The summed E-state index contributed by atoms with van der Waals surface area (Å²) in [6.07, 6.45) is 0.450. The molecule has 5 heteroatoms. The van der Waals surface area contributed by atoms with Crippen LogP contribution < -0.4 is 20.1 Å². The summed E-state index contributed by atoms with van der Waals surface area (Å²) in [6.45, 7) is 4.76. The van der Waals surface area contributed by atoms with E-state index >= 15 is 0 Å². The Morgan fingerprint density at radius 1 is 1.26 bits per heavy atom. The van der Waals surface area contributed by atoms with Crippen molar-refractivity contribution >= 4 is 11.4 Å². The molecule has 1 aromatic carbocycles. The zero-order valence-corrected chi connectivity index (χ0v) is 11.9. The summed E-state index contributed by atoms with van der Waals surface area (Å²) in [7, 11) is 3.17. The second kappa shape index (κ2) is 6.74. The van der Waals surface area contributed by atoms with Crippen LogP contribution in [0.5, 0.6) is 11.5 Å². The standard InChI is InChI=1S/C14H21N3O2/c1-10(2)17(7-5-6-15)12-9-14(19-4)13(18-3)8-11(12)16/h8-10H,5,7,16H2,1-4H3. The fourth-order valence-corrected chi connectivity index (χ4v) is 1.96. The van der Waals surface area contributed by atoms with E-state index in [0.717, 1.165) is 5.69 Å². The van der Waals surface area contributed by atoms with Gasteiger partial charge in [0.1, 0.15) is 0 Å². The SMILES string of the molecule is COc1cc(N)c(N(CCC#N)C(C)C)cc1OC. The van der Waals surface area contributed by atoms with Crippen molar-refractivity contribution in [3.05, 3.63) is 12.1 Å². The van der Waals surface area contributed by atoms with Crippen molar-refractivity contribution in [1.29, 1.82) is 5.26 Å². The molecule has 0 unspecified atom stereocenters. The van der Waals surface area contributed by atoms with Crippen LogP contribution in [0.4, 0.5) is 11.4 Å². The van der Waals surface area contributed by atoms with Gasteiger partial charge in [0.25, 0.3) is 0 Å². The van der Waals surface area contributed by atoms with Crippen molar-refractivity contribution in [2.24, 2.45) is 0 Å². The highest BCUT2D eigenvalue weighted by Gasteiger charge is 2.17. The highest BCUT2D eigenvalue weighted by molar-refractivity contribution is 5.73. The molecule has 0 atom stereocenters. The number of nitrogens with zero attached hydrogens (tertiary/aromatic N) is 2. The normalized spacial score (nSPS) is 10.1. The Morgan fingerprint density at radius 2 is 1.84 bits per heavy atom. The van der Waals surface area contributed by atoms with Gasteiger partial charge in [-0.2, -0.15) is 5.26 Å². The number of hydrogen-bond acceptors (Lipinski definition) is 5. The third-order valence-corrected chi connectivity index (χ3v) is 2.93. The van der Waals surface area contributed by atoms with Crippen LogP contribution in [0.25, 0.3) is 0 Å². The van der Waals surface area contributed by atoms with E-state index in [1.165, 1.54) is 0 Å². The zero-order chi connectivity index (χ0) is 14.4. The van der Waals surface area contributed by atoms with E-state index in [1.807, 2.05) is 6.07 Å². The Morgan fingerprint density at radius 3 is 2.32 bits per heavy atom. The number of nitriles is 1. The minimum absolute atomic E-state index is 0.244. The van der Waals surface area contributed by atoms with Crippen LogP contribution in [0.2, 0.25) is 0 Å². The molecule has 5 nitrogen and oxygen atoms in total. The molecule has 0 bridgehead atoms. The molecular weight excluding hydrogens is 242 g/mol. The first kappa shape index (κ1) is 15.0. The largest absolute Gasteiger partial charge is 0.493 e. The lowest BCUT2D eigenvalue weighted by Gasteiger charge is -2.30. The minimum atomic E-state index is 0.244. The van der Waals surface area contributed by atoms with E-state index in [-0.39, 0.29) is 6.04 Å². The first-order valence-electron chi connectivity index (χ1n) is 6.20. The lowest BCUT2D eigenvalue weighted by Crippen LogP contribution is -2.32. The Kier molecular flexibility index (Phi) is 5.31. The zero-order valence-electron chi connectivity index (χ0n) is 11.9. The average molecular weight is 263 g/mol. The number of nitrogen functional groups attached to an aromatic ring is 1. The van der Waals surface area contributed by atoms with Gasteiger partial charge in [0, 0.05) is 24.7 Å². The smallest absolute Gasteiger partial charge is 0.162 e. The molecule has 1 aromatic rings. The van der Waals surface area contributed by atoms with Crippen LogP contribution >= 0.6 is 0 Å². The molecule has 0 aliphatic rings. The summed E-state index contributed by atoms with van der Waals surface area (Å²) in [5, 5.41) is 8.74. The lowest BCUT2D eigenvalue weighted by atomic mass is 10.1. The third-order valence-electron chi connectivity index (χ3n) is 2.93. The first-order valence-corrected chi connectivity index (χ1v) is 6.20. The van der Waals surface area contributed by atoms with Gasteiger partial charge in [-0.25, -0.2) is 0 Å². The number of hydrogen-bond donors (Lipinski definition) is 1. The number of anilines is 2. The summed E-state index contributed by atoms with van der Waals surface area (Å²) in [5.74, 6) is 1.24. The van der Waals surface area contributed by atoms with Gasteiger partial charge in [-0.3, -0.25) is 0 Å². The van der Waals surface area contributed by atoms with E-state index in [1.54, 1.807) is 20.3 Å². The maximum absolute atomic E-state index is 8.74. The van der Waals surface area contributed by atoms with Gasteiger partial charge in [-0.15, -0.1) is 0 Å². The van der Waals surface area contributed by atoms with E-state index < -0.39 is 0 Å². The fraction of sp³-hybridized carbons (Fsp3) is 0.500. The fourth-order valence-electron chi connectivity index (χ4n) is 1.96. The molecule has 0 amide bonds. The first-order chi connectivity index (χ1) is 9.04. The summed E-state index contributed by atoms with van der Waals surface area (Å²) in [5.41, 5.74) is 7.55. The van der Waals surface area contributed by atoms with Gasteiger partial charge in [0.15, 0.2) is 11.5 Å². The van der Waals surface area contributed by atoms with Crippen molar-refractivity contribution in [3.63, 3.8) is 0 Å². The number of rotatable bonds is 6. The van der Waals surface area contributed by atoms with Crippen LogP contribution in [0, 0.1) is 11.3 Å². The van der Waals surface area contributed by atoms with Gasteiger partial charge in [0.2, 0.25) is 0 Å². The van der Waals surface area contributed by atoms with Crippen LogP contribution in [0.15, 0.2) is 12.1 Å². The molecule has 0 fully saturated rings. The van der Waals surface area contributed by atoms with Crippen LogP contribution in [0.3, 0.4) is 0 Å². The van der Waals surface area contributed by atoms with Crippen molar-refractivity contribution in [2.75, 3.05) is 31.4 Å². The van der Waals surface area contributed by atoms with Crippen LogP contribution in [0.1, 0.15) is 20.3 Å². The lowest BCUT2D eigenvalue weighted by molar-refractivity contribution is 0.355. The third kappa shape index (κ3) is 3.44. The molecule has 1 rings (SSSR count). The molecular formula is C14H21N3O2. The quantitative estimate of drug-likeness (QED) is 0.798. The van der Waals surface area contributed by atoms with Gasteiger partial charge in [0.05, 0.1) is 38.1 Å². The van der Waals surface area contributed by atoms with Crippen LogP contribution in [-0.4, -0.2) is 26.8 Å². The molecule has 0 aliphatic heterocycles. The summed E-state index contributed by atoms with van der Waals surface area (Å²) in [4.78, 5) is 2.08. The minimum Gasteiger partial charge on any atom is -0.493 e. The van der Waals surface area contributed by atoms with Crippen molar-refractivity contribution in [1.82, 2.24) is 0 Å². The van der Waals surface area contributed by atoms with E-state index in [4.69, 9.17) is 20.5 Å². The summed E-state index contributed by atoms with van der Waals surface area (Å²) < 4.78 is 10.5. The van der Waals surface area contributed by atoms with Crippen molar-refractivity contribution in [3.8, 4) is 17.6 Å². The maximum atomic E-state index is 8.74. The predicted molar refractivity (Wildman–Crippen MR) is 76.7 cm³/mol. The second-order valence-electron chi connectivity index (χ2n) is 4.46. The molecule has 0 aliphatic carbocycles. The molecule has 0 saturated carbocycles. The van der Waals surface area contributed by atoms with Gasteiger partial charge >= 0.3 is 0 Å². The van der Waals surface area contributed by atoms with E-state index in [9.17, 15) is 0 Å². The molecule has 2 N–H and O–H groups in total. The molecule has 0 aromatic heterocycles. The predicted octanol–water partition coefficient (Wildman–Crippen LogP) is 2.41. The molecule has 0 radical (unpaired) electrons. The van der Waals surface area contributed by atoms with Crippen LogP contribution in [-0.2, 0) is 0 Å². The number of nitrogens with two attached hydrogens (primary N) is 1. The maximum Gasteiger partial charge on any atom is 0.162 e. The number of ether oxygens (including phenoxy) is 2. The van der Waals surface area contributed by atoms with Gasteiger partial charge < -0.3 is 20.1 Å². The van der Waals surface area contributed by atoms with E-state index in [2.05, 4.69) is 24.8 Å². The summed E-state index contributed by atoms with van der Waals surface area (Å²) >= 11 is 0. The Balaban J connectivity index is 3.19. The van der Waals surface area contributed by atoms with E-state index in [0.29, 0.717) is 30.2 Å². The van der Waals surface area contributed by atoms with Gasteiger partial charge in [-0.1, -0.05) is 0 Å². The Labute approximate surface area is 114 Å². The summed E-state index contributed by atoms with van der Waals surface area (Å²) in [6, 6.07) is 6.00. The van der Waals surface area contributed by atoms with Gasteiger partial charge in [-0.05, 0) is 13.8 Å². The molecule has 0 saturated heterocycles. The average Bonchev–Trinajstić information content (AvgIpc) is 2.39. The molecule has 104 valence electrons. The highest BCUT2D eigenvalue weighted by Crippen LogP contribution is 2.37. The molecule has 19 heavy (non-hydrogen) atoms. The Bertz CT molecular complexity index is 466. The van der Waals surface area contributed by atoms with Crippen molar-refractivity contribution < 1.29 is 9.47 Å². The van der Waals surface area contributed by atoms with Crippen molar-refractivity contribution in [2.45, 2.75) is 26.3 Å². The number of benzene rings is 1. The highest BCUT2D eigenvalue weighted by atomic mass is 16.5. The number of methoxy groups -OCH3 is 2.